The molecule has 114 valence electrons. The number of carbonyl (C=O) groups is 2. The lowest BCUT2D eigenvalue weighted by Gasteiger charge is -2.22. The summed E-state index contributed by atoms with van der Waals surface area (Å²) in [6.45, 7) is 1.92. The van der Waals surface area contributed by atoms with Crippen molar-refractivity contribution in [2.24, 2.45) is 0 Å². The van der Waals surface area contributed by atoms with Gasteiger partial charge in [0.25, 0.3) is 5.91 Å². The predicted molar refractivity (Wildman–Crippen MR) is 79.2 cm³/mol. The van der Waals surface area contributed by atoms with Crippen LogP contribution in [-0.4, -0.2) is 22.5 Å². The highest BCUT2D eigenvalue weighted by Crippen LogP contribution is 2.29. The molecule has 1 aromatic rings. The lowest BCUT2D eigenvalue weighted by Crippen LogP contribution is -2.52. The smallest absolute Gasteiger partial charge is 0.270 e. The standard InChI is InChI=1S/C16H22N2O3/c1-2-13(12-8-4-3-5-9-12)14(19)17-18-15(20)16(21)10-6-7-11-16/h3-5,8-9,13,21H,2,6-7,10-11H2,1H3,(H,17,19)(H,18,20). The molecule has 1 aliphatic carbocycles. The highest BCUT2D eigenvalue weighted by molar-refractivity contribution is 5.89. The third kappa shape index (κ3) is 3.61. The zero-order chi connectivity index (χ0) is 15.3. The van der Waals surface area contributed by atoms with E-state index in [1.807, 2.05) is 37.3 Å². The van der Waals surface area contributed by atoms with Crippen molar-refractivity contribution >= 4 is 11.8 Å². The van der Waals surface area contributed by atoms with Crippen LogP contribution in [0.5, 0.6) is 0 Å². The fourth-order valence-electron chi connectivity index (χ4n) is 2.77. The number of carbonyl (C=O) groups excluding carboxylic acids is 2. The van der Waals surface area contributed by atoms with Crippen LogP contribution >= 0.6 is 0 Å². The zero-order valence-electron chi connectivity index (χ0n) is 12.3. The number of hydrogen-bond donors (Lipinski definition) is 3. The summed E-state index contributed by atoms with van der Waals surface area (Å²) >= 11 is 0. The minimum atomic E-state index is -1.33. The van der Waals surface area contributed by atoms with Crippen LogP contribution in [-0.2, 0) is 9.59 Å². The van der Waals surface area contributed by atoms with E-state index in [1.165, 1.54) is 0 Å². The summed E-state index contributed by atoms with van der Waals surface area (Å²) in [5.41, 5.74) is 4.37. The van der Waals surface area contributed by atoms with Crippen LogP contribution in [0, 0.1) is 0 Å². The van der Waals surface area contributed by atoms with E-state index in [4.69, 9.17) is 0 Å². The molecule has 1 unspecified atom stereocenters. The van der Waals surface area contributed by atoms with Crippen molar-refractivity contribution in [2.75, 3.05) is 0 Å². The quantitative estimate of drug-likeness (QED) is 0.738. The Balaban J connectivity index is 1.93. The molecule has 0 saturated heterocycles. The molecule has 0 radical (unpaired) electrons. The molecule has 5 nitrogen and oxygen atoms in total. The topological polar surface area (TPSA) is 78.4 Å². The summed E-state index contributed by atoms with van der Waals surface area (Å²) in [6.07, 6.45) is 3.20. The normalized spacial score (nSPS) is 18.0. The van der Waals surface area contributed by atoms with Crippen LogP contribution in [0.1, 0.15) is 50.5 Å². The van der Waals surface area contributed by atoms with Gasteiger partial charge in [-0.15, -0.1) is 0 Å². The van der Waals surface area contributed by atoms with Crippen molar-refractivity contribution < 1.29 is 14.7 Å². The molecule has 3 N–H and O–H groups in total. The van der Waals surface area contributed by atoms with Crippen LogP contribution in [0.2, 0.25) is 0 Å². The summed E-state index contributed by atoms with van der Waals surface area (Å²) in [4.78, 5) is 24.1. The van der Waals surface area contributed by atoms with Crippen molar-refractivity contribution in [3.8, 4) is 0 Å². The fraction of sp³-hybridized carbons (Fsp3) is 0.500. The minimum absolute atomic E-state index is 0.265. The van der Waals surface area contributed by atoms with Gasteiger partial charge in [-0.05, 0) is 37.7 Å². The van der Waals surface area contributed by atoms with Crippen molar-refractivity contribution in [3.05, 3.63) is 35.9 Å². The Bertz CT molecular complexity index is 496. The third-order valence-corrected chi connectivity index (χ3v) is 4.08. The molecule has 5 heteroatoms. The predicted octanol–water partition coefficient (Wildman–Crippen LogP) is 1.63. The van der Waals surface area contributed by atoms with Crippen molar-refractivity contribution in [3.63, 3.8) is 0 Å². The van der Waals surface area contributed by atoms with E-state index in [9.17, 15) is 14.7 Å². The van der Waals surface area contributed by atoms with Crippen molar-refractivity contribution in [2.45, 2.75) is 50.5 Å². The highest BCUT2D eigenvalue weighted by atomic mass is 16.3. The van der Waals surface area contributed by atoms with Gasteiger partial charge >= 0.3 is 0 Å². The van der Waals surface area contributed by atoms with Crippen LogP contribution in [0.25, 0.3) is 0 Å². The minimum Gasteiger partial charge on any atom is -0.380 e. The second-order valence-electron chi connectivity index (χ2n) is 5.55. The first-order valence-electron chi connectivity index (χ1n) is 7.44. The second kappa shape index (κ2) is 6.72. The molecule has 0 heterocycles. The van der Waals surface area contributed by atoms with Crippen LogP contribution < -0.4 is 10.9 Å². The van der Waals surface area contributed by atoms with E-state index in [2.05, 4.69) is 10.9 Å². The van der Waals surface area contributed by atoms with E-state index in [-0.39, 0.29) is 11.8 Å². The summed E-state index contributed by atoms with van der Waals surface area (Å²) in [7, 11) is 0. The number of benzene rings is 1. The average Bonchev–Trinajstić information content (AvgIpc) is 2.95. The fourth-order valence-corrected chi connectivity index (χ4v) is 2.77. The Morgan fingerprint density at radius 3 is 2.38 bits per heavy atom. The van der Waals surface area contributed by atoms with Gasteiger partial charge in [0.1, 0.15) is 5.60 Å². The lowest BCUT2D eigenvalue weighted by atomic mass is 9.96. The first-order valence-corrected chi connectivity index (χ1v) is 7.44. The lowest BCUT2D eigenvalue weighted by molar-refractivity contribution is -0.142. The van der Waals surface area contributed by atoms with Crippen molar-refractivity contribution in [1.82, 2.24) is 10.9 Å². The van der Waals surface area contributed by atoms with Gasteiger partial charge in [0.15, 0.2) is 0 Å². The zero-order valence-corrected chi connectivity index (χ0v) is 12.3. The number of aliphatic hydroxyl groups is 1. The number of nitrogens with one attached hydrogen (secondary N) is 2. The van der Waals surface area contributed by atoms with E-state index in [1.54, 1.807) is 0 Å². The number of rotatable bonds is 4. The largest absolute Gasteiger partial charge is 0.380 e. The third-order valence-electron chi connectivity index (χ3n) is 4.08. The second-order valence-corrected chi connectivity index (χ2v) is 5.55. The van der Waals surface area contributed by atoms with Gasteiger partial charge in [-0.25, -0.2) is 0 Å². The van der Waals surface area contributed by atoms with Gasteiger partial charge in [0, 0.05) is 0 Å². The highest BCUT2D eigenvalue weighted by Gasteiger charge is 2.39. The van der Waals surface area contributed by atoms with E-state index in [0.29, 0.717) is 19.3 Å². The van der Waals surface area contributed by atoms with Gasteiger partial charge in [0.05, 0.1) is 5.92 Å². The molecule has 1 fully saturated rings. The van der Waals surface area contributed by atoms with Crippen molar-refractivity contribution in [1.29, 1.82) is 0 Å². The molecule has 0 bridgehead atoms. The van der Waals surface area contributed by atoms with Gasteiger partial charge in [-0.3, -0.25) is 20.4 Å². The van der Waals surface area contributed by atoms with E-state index in [0.717, 1.165) is 18.4 Å². The summed E-state index contributed by atoms with van der Waals surface area (Å²) in [5.74, 6) is -1.10. The summed E-state index contributed by atoms with van der Waals surface area (Å²) < 4.78 is 0. The average molecular weight is 290 g/mol. The molecule has 1 atom stereocenters. The van der Waals surface area contributed by atoms with E-state index < -0.39 is 11.5 Å². The number of hydrazine groups is 1. The van der Waals surface area contributed by atoms with Gasteiger partial charge < -0.3 is 5.11 Å². The SMILES string of the molecule is CCC(C(=O)NNC(=O)C1(O)CCCC1)c1ccccc1. The Kier molecular flexibility index (Phi) is 4.96. The summed E-state index contributed by atoms with van der Waals surface area (Å²) in [6, 6.07) is 9.43. The molecule has 2 rings (SSSR count). The molecule has 1 aromatic carbocycles. The molecule has 0 spiro atoms. The Morgan fingerprint density at radius 2 is 1.81 bits per heavy atom. The number of hydrogen-bond acceptors (Lipinski definition) is 3. The van der Waals surface area contributed by atoms with Crippen LogP contribution in [0.4, 0.5) is 0 Å². The molecular weight excluding hydrogens is 268 g/mol. The Hall–Kier alpha value is -1.88. The van der Waals surface area contributed by atoms with Gasteiger partial charge in [0.2, 0.25) is 5.91 Å². The molecule has 21 heavy (non-hydrogen) atoms. The van der Waals surface area contributed by atoms with Crippen LogP contribution in [0.3, 0.4) is 0 Å². The first-order chi connectivity index (χ1) is 10.1. The Labute approximate surface area is 124 Å². The molecule has 1 saturated carbocycles. The monoisotopic (exact) mass is 290 g/mol. The maximum atomic E-state index is 12.2. The van der Waals surface area contributed by atoms with Gasteiger partial charge in [-0.1, -0.05) is 37.3 Å². The molecule has 0 aromatic heterocycles. The maximum absolute atomic E-state index is 12.2. The molecule has 1 aliphatic rings. The summed E-state index contributed by atoms with van der Waals surface area (Å²) in [5, 5.41) is 10.1. The number of amides is 2. The molecule has 0 aliphatic heterocycles. The van der Waals surface area contributed by atoms with Gasteiger partial charge in [-0.2, -0.15) is 0 Å². The maximum Gasteiger partial charge on any atom is 0.270 e. The van der Waals surface area contributed by atoms with Crippen LogP contribution in [0.15, 0.2) is 30.3 Å². The first kappa shape index (κ1) is 15.5. The Morgan fingerprint density at radius 1 is 1.19 bits per heavy atom. The molecule has 2 amide bonds. The van der Waals surface area contributed by atoms with E-state index >= 15 is 0 Å². The molecular formula is C16H22N2O3.